The fraction of sp³-hybridized carbons (Fsp3) is 0.122. The van der Waals surface area contributed by atoms with Gasteiger partial charge in [-0.2, -0.15) is 0 Å². The van der Waals surface area contributed by atoms with Crippen LogP contribution in [-0.2, 0) is 21.7 Å². The van der Waals surface area contributed by atoms with Crippen LogP contribution in [0.15, 0.2) is 267 Å². The molecule has 0 bridgehead atoms. The van der Waals surface area contributed by atoms with Gasteiger partial charge in [-0.05, 0) is 183 Å². The van der Waals surface area contributed by atoms with Crippen molar-refractivity contribution in [3.8, 4) is 61.3 Å². The van der Waals surface area contributed by atoms with Crippen molar-refractivity contribution >= 4 is 38.9 Å². The van der Waals surface area contributed by atoms with Gasteiger partial charge in [0.05, 0.1) is 27.6 Å². The Morgan fingerprint density at radius 2 is 0.690 bits per heavy atom. The van der Waals surface area contributed by atoms with Crippen molar-refractivity contribution in [1.82, 2.24) is 4.57 Å². The van der Waals surface area contributed by atoms with E-state index in [9.17, 15) is 0 Å². The number of aromatic nitrogens is 1. The highest BCUT2D eigenvalue weighted by molar-refractivity contribution is 6.11. The minimum Gasteiger partial charge on any atom is -0.310 e. The summed E-state index contributed by atoms with van der Waals surface area (Å²) < 4.78 is 2.53. The van der Waals surface area contributed by atoms with Crippen LogP contribution in [0.25, 0.3) is 83.1 Å². The molecule has 0 saturated heterocycles. The van der Waals surface area contributed by atoms with Gasteiger partial charge in [-0.1, -0.05) is 242 Å². The highest BCUT2D eigenvalue weighted by Crippen LogP contribution is 2.66. The number of hydrogen-bond donors (Lipinski definition) is 0. The molecular formula is C82H62N2. The highest BCUT2D eigenvalue weighted by Gasteiger charge is 2.53. The summed E-state index contributed by atoms with van der Waals surface area (Å²) in [7, 11) is 0. The molecule has 400 valence electrons. The van der Waals surface area contributed by atoms with Crippen molar-refractivity contribution in [2.24, 2.45) is 0 Å². The van der Waals surface area contributed by atoms with Gasteiger partial charge in [0.2, 0.25) is 0 Å². The number of rotatable bonds is 5. The van der Waals surface area contributed by atoms with Gasteiger partial charge in [0.25, 0.3) is 0 Å². The van der Waals surface area contributed by atoms with Gasteiger partial charge in [-0.25, -0.2) is 0 Å². The van der Waals surface area contributed by atoms with E-state index >= 15 is 0 Å². The van der Waals surface area contributed by atoms with Crippen LogP contribution in [0, 0.1) is 0 Å². The second-order valence-corrected chi connectivity index (χ2v) is 25.9. The first-order chi connectivity index (χ1) is 40.9. The van der Waals surface area contributed by atoms with Crippen molar-refractivity contribution in [1.29, 1.82) is 0 Å². The number of fused-ring (bicyclic) bond motifs is 23. The zero-order valence-corrected chi connectivity index (χ0v) is 48.3. The maximum absolute atomic E-state index is 2.53. The SMILES string of the molecule is CC(C)(C)c1ccc(N(c2ccc(-c3ccc4c(c3)c3cc(C(C)(C)C)ccc3n4-c3ccc4c(c3)C3(c5ccccc5-c5ccccc53)c3ccccc3-4)cc2)c2cccc3c2-c2ccccc2C32c3ccccc3-c3ccccc32)cc1. The molecule has 4 aliphatic rings. The Morgan fingerprint density at radius 1 is 0.298 bits per heavy atom. The van der Waals surface area contributed by atoms with E-state index in [-0.39, 0.29) is 10.8 Å². The van der Waals surface area contributed by atoms with E-state index in [1.807, 2.05) is 0 Å². The molecular weight excluding hydrogens is 1010 g/mol. The fourth-order valence-electron chi connectivity index (χ4n) is 15.8. The molecule has 0 saturated carbocycles. The zero-order valence-electron chi connectivity index (χ0n) is 48.3. The molecule has 0 fully saturated rings. The summed E-state index contributed by atoms with van der Waals surface area (Å²) in [6.07, 6.45) is 0. The third kappa shape index (κ3) is 6.51. The molecule has 13 aromatic rings. The number of hydrogen-bond acceptors (Lipinski definition) is 1. The minimum atomic E-state index is -0.445. The first-order valence-corrected chi connectivity index (χ1v) is 29.9. The van der Waals surface area contributed by atoms with Crippen LogP contribution < -0.4 is 4.90 Å². The molecule has 84 heavy (non-hydrogen) atoms. The number of anilines is 3. The van der Waals surface area contributed by atoms with E-state index in [1.165, 1.54) is 144 Å². The molecule has 0 unspecified atom stereocenters. The molecule has 2 nitrogen and oxygen atoms in total. The normalized spacial score (nSPS) is 14.3. The Morgan fingerprint density at radius 3 is 1.20 bits per heavy atom. The molecule has 4 aliphatic carbocycles. The standard InChI is InChI=1S/C82H62N2/c1-79(2,3)53-37-42-56(43-38-53)83(77-33-19-32-73-78(77)64-25-12-18-31-72(64)81(73)67-26-13-7-20-58(67)59-21-8-14-27-68(59)81)55-40-34-51(35-41-55)52-36-46-75-65(48-52)66-49-54(80(4,5)6)39-47-76(66)84(75)57-44-45-63-62-24-11-17-30-71(62)82(74(63)50-57)69-28-15-9-22-60(69)61-23-10-16-29-70(61)82/h7-50H,1-6H3. The maximum Gasteiger partial charge on any atom is 0.0726 e. The third-order valence-corrected chi connectivity index (χ3v) is 19.6. The van der Waals surface area contributed by atoms with Gasteiger partial charge in [0.15, 0.2) is 0 Å². The van der Waals surface area contributed by atoms with Crippen LogP contribution in [0.4, 0.5) is 17.1 Å². The number of benzene rings is 12. The van der Waals surface area contributed by atoms with Crippen LogP contribution in [0.2, 0.25) is 0 Å². The van der Waals surface area contributed by atoms with Crippen LogP contribution in [0.5, 0.6) is 0 Å². The van der Waals surface area contributed by atoms with Crippen molar-refractivity contribution in [3.63, 3.8) is 0 Å². The second kappa shape index (κ2) is 17.4. The summed E-state index contributed by atoms with van der Waals surface area (Å²) >= 11 is 0. The van der Waals surface area contributed by atoms with Crippen LogP contribution in [0.3, 0.4) is 0 Å². The van der Waals surface area contributed by atoms with Crippen molar-refractivity contribution in [3.05, 3.63) is 323 Å². The van der Waals surface area contributed by atoms with Crippen molar-refractivity contribution < 1.29 is 0 Å². The fourth-order valence-corrected chi connectivity index (χ4v) is 15.8. The first-order valence-electron chi connectivity index (χ1n) is 29.9. The van der Waals surface area contributed by atoms with Crippen molar-refractivity contribution in [2.75, 3.05) is 4.90 Å². The predicted molar refractivity (Wildman–Crippen MR) is 351 cm³/mol. The number of nitrogens with zero attached hydrogens (tertiary/aromatic N) is 2. The summed E-state index contributed by atoms with van der Waals surface area (Å²) in [6.45, 7) is 13.9. The molecule has 2 heteroatoms. The molecule has 0 N–H and O–H groups in total. The van der Waals surface area contributed by atoms with Crippen LogP contribution in [-0.4, -0.2) is 4.57 Å². The third-order valence-electron chi connectivity index (χ3n) is 19.6. The molecule has 2 spiro atoms. The summed E-state index contributed by atoms with van der Waals surface area (Å²) in [5.41, 5.74) is 32.3. The summed E-state index contributed by atoms with van der Waals surface area (Å²) in [4.78, 5) is 2.50. The largest absolute Gasteiger partial charge is 0.310 e. The van der Waals surface area contributed by atoms with E-state index in [0.29, 0.717) is 0 Å². The molecule has 0 aliphatic heterocycles. The Hall–Kier alpha value is -9.76. The lowest BCUT2D eigenvalue weighted by Crippen LogP contribution is -2.26. The lowest BCUT2D eigenvalue weighted by Gasteiger charge is -2.32. The Kier molecular flexibility index (Phi) is 10.1. The highest BCUT2D eigenvalue weighted by atomic mass is 15.1. The minimum absolute atomic E-state index is 0.0150. The molecule has 17 rings (SSSR count). The molecule has 1 aromatic heterocycles. The van der Waals surface area contributed by atoms with Gasteiger partial charge in [0, 0.05) is 33.4 Å². The van der Waals surface area contributed by atoms with E-state index in [2.05, 4.69) is 318 Å². The van der Waals surface area contributed by atoms with Gasteiger partial charge in [-0.15, -0.1) is 0 Å². The van der Waals surface area contributed by atoms with E-state index in [1.54, 1.807) is 0 Å². The van der Waals surface area contributed by atoms with Crippen LogP contribution in [0.1, 0.15) is 97.2 Å². The average molecular weight is 1080 g/mol. The first kappa shape index (κ1) is 48.9. The van der Waals surface area contributed by atoms with Gasteiger partial charge in [-0.3, -0.25) is 0 Å². The maximum atomic E-state index is 2.53. The quantitative estimate of drug-likeness (QED) is 0.167. The lowest BCUT2D eigenvalue weighted by atomic mass is 9.70. The van der Waals surface area contributed by atoms with Crippen molar-refractivity contribution in [2.45, 2.75) is 63.2 Å². The molecule has 0 atom stereocenters. The Balaban J connectivity index is 0.825. The smallest absolute Gasteiger partial charge is 0.0726 e. The molecule has 12 aromatic carbocycles. The van der Waals surface area contributed by atoms with Gasteiger partial charge >= 0.3 is 0 Å². The summed E-state index contributed by atoms with van der Waals surface area (Å²) in [6, 6.07) is 102. The van der Waals surface area contributed by atoms with E-state index in [4.69, 9.17) is 0 Å². The topological polar surface area (TPSA) is 8.17 Å². The lowest BCUT2D eigenvalue weighted by molar-refractivity contribution is 0.590. The predicted octanol–water partition coefficient (Wildman–Crippen LogP) is 21.2. The molecule has 0 amide bonds. The zero-order chi connectivity index (χ0) is 56.4. The van der Waals surface area contributed by atoms with Gasteiger partial charge in [0.1, 0.15) is 0 Å². The Labute approximate surface area is 492 Å². The van der Waals surface area contributed by atoms with Gasteiger partial charge < -0.3 is 9.47 Å². The summed E-state index contributed by atoms with van der Waals surface area (Å²) in [5.74, 6) is 0. The molecule has 1 heterocycles. The van der Waals surface area contributed by atoms with E-state index < -0.39 is 10.8 Å². The summed E-state index contributed by atoms with van der Waals surface area (Å²) in [5, 5.41) is 2.51. The average Bonchev–Trinajstić information content (AvgIpc) is 1.58. The van der Waals surface area contributed by atoms with Crippen LogP contribution >= 0.6 is 0 Å². The van der Waals surface area contributed by atoms with E-state index in [0.717, 1.165) is 11.4 Å². The Bertz CT molecular complexity index is 4810. The monoisotopic (exact) mass is 1070 g/mol. The second-order valence-electron chi connectivity index (χ2n) is 25.9. The molecule has 0 radical (unpaired) electrons.